The number of aromatic nitrogens is 3. The van der Waals surface area contributed by atoms with Gasteiger partial charge in [0.05, 0.1) is 11.9 Å². The van der Waals surface area contributed by atoms with Crippen molar-refractivity contribution in [3.63, 3.8) is 0 Å². The maximum Gasteiger partial charge on any atom is 0.0694 e. The lowest BCUT2D eigenvalue weighted by molar-refractivity contribution is 1.09. The lowest BCUT2D eigenvalue weighted by atomic mass is 10.1. The molecule has 2 aromatic rings. The van der Waals surface area contributed by atoms with Gasteiger partial charge >= 0.3 is 0 Å². The van der Waals surface area contributed by atoms with Crippen LogP contribution in [-0.4, -0.2) is 15.2 Å². The minimum atomic E-state index is 1.04. The Labute approximate surface area is 84.2 Å². The summed E-state index contributed by atoms with van der Waals surface area (Å²) in [6.45, 7) is 6.02. The van der Waals surface area contributed by atoms with Crippen molar-refractivity contribution in [1.29, 1.82) is 0 Å². The summed E-state index contributed by atoms with van der Waals surface area (Å²) in [5.74, 6) is 0. The van der Waals surface area contributed by atoms with Gasteiger partial charge in [-0.2, -0.15) is 5.10 Å². The van der Waals surface area contributed by atoms with Gasteiger partial charge in [-0.15, -0.1) is 0 Å². The van der Waals surface area contributed by atoms with E-state index in [0.717, 1.165) is 16.8 Å². The standard InChI is InChI=1S/C9H9N3.C2H6/c1-7-5-11-12-9(7)8-3-2-4-10-6-8;1-2/h2-6H,1H3,(H,11,12);1-2H3. The number of rotatable bonds is 1. The second kappa shape index (κ2) is 5.17. The molecule has 0 amide bonds. The summed E-state index contributed by atoms with van der Waals surface area (Å²) < 4.78 is 0. The predicted octanol–water partition coefficient (Wildman–Crippen LogP) is 2.81. The van der Waals surface area contributed by atoms with E-state index < -0.39 is 0 Å². The molecule has 0 aliphatic carbocycles. The third-order valence-corrected chi connectivity index (χ3v) is 1.78. The molecular weight excluding hydrogens is 174 g/mol. The van der Waals surface area contributed by atoms with Crippen molar-refractivity contribution in [2.24, 2.45) is 0 Å². The number of aryl methyl sites for hydroxylation is 1. The van der Waals surface area contributed by atoms with Crippen LogP contribution >= 0.6 is 0 Å². The van der Waals surface area contributed by atoms with Crippen LogP contribution in [0.2, 0.25) is 0 Å². The van der Waals surface area contributed by atoms with E-state index in [-0.39, 0.29) is 0 Å². The van der Waals surface area contributed by atoms with Gasteiger partial charge in [0.1, 0.15) is 0 Å². The monoisotopic (exact) mass is 189 g/mol. The normalized spacial score (nSPS) is 9.07. The van der Waals surface area contributed by atoms with E-state index in [2.05, 4.69) is 15.2 Å². The van der Waals surface area contributed by atoms with Crippen LogP contribution in [0.1, 0.15) is 19.4 Å². The topological polar surface area (TPSA) is 41.6 Å². The lowest BCUT2D eigenvalue weighted by Gasteiger charge is -1.96. The number of nitrogens with one attached hydrogen (secondary N) is 1. The Bertz CT molecular complexity index is 365. The molecule has 0 spiro atoms. The minimum Gasteiger partial charge on any atom is -0.278 e. The quantitative estimate of drug-likeness (QED) is 0.749. The van der Waals surface area contributed by atoms with Crippen molar-refractivity contribution in [3.8, 4) is 11.3 Å². The third-order valence-electron chi connectivity index (χ3n) is 1.78. The number of hydrogen-bond donors (Lipinski definition) is 1. The number of aromatic amines is 1. The smallest absolute Gasteiger partial charge is 0.0694 e. The van der Waals surface area contributed by atoms with E-state index in [0.29, 0.717) is 0 Å². The Morgan fingerprint density at radius 1 is 1.21 bits per heavy atom. The fourth-order valence-electron chi connectivity index (χ4n) is 1.15. The lowest BCUT2D eigenvalue weighted by Crippen LogP contribution is -1.81. The van der Waals surface area contributed by atoms with E-state index in [9.17, 15) is 0 Å². The van der Waals surface area contributed by atoms with Crippen molar-refractivity contribution in [2.45, 2.75) is 20.8 Å². The molecule has 2 heterocycles. The number of H-pyrrole nitrogens is 1. The van der Waals surface area contributed by atoms with Crippen molar-refractivity contribution < 1.29 is 0 Å². The minimum absolute atomic E-state index is 1.04. The molecule has 0 saturated heterocycles. The average molecular weight is 189 g/mol. The van der Waals surface area contributed by atoms with Crippen LogP contribution in [0.15, 0.2) is 30.7 Å². The molecular formula is C11H15N3. The highest BCUT2D eigenvalue weighted by molar-refractivity contribution is 5.60. The zero-order valence-corrected chi connectivity index (χ0v) is 8.78. The SMILES string of the molecule is CC.Cc1cn[nH]c1-c1cccnc1. The first-order valence-electron chi connectivity index (χ1n) is 4.78. The van der Waals surface area contributed by atoms with Crippen LogP contribution < -0.4 is 0 Å². The van der Waals surface area contributed by atoms with Gasteiger partial charge in [0.15, 0.2) is 0 Å². The summed E-state index contributed by atoms with van der Waals surface area (Å²) >= 11 is 0. The van der Waals surface area contributed by atoms with E-state index in [4.69, 9.17) is 0 Å². The maximum atomic E-state index is 4.03. The Kier molecular flexibility index (Phi) is 3.85. The van der Waals surface area contributed by atoms with Crippen LogP contribution in [0.3, 0.4) is 0 Å². The second-order valence-corrected chi connectivity index (χ2v) is 2.67. The third kappa shape index (κ3) is 2.19. The molecule has 0 aromatic carbocycles. The van der Waals surface area contributed by atoms with E-state index in [1.165, 1.54) is 0 Å². The highest BCUT2D eigenvalue weighted by Crippen LogP contribution is 2.17. The Balaban J connectivity index is 0.000000461. The maximum absolute atomic E-state index is 4.03. The van der Waals surface area contributed by atoms with Gasteiger partial charge in [0, 0.05) is 18.0 Å². The number of hydrogen-bond acceptors (Lipinski definition) is 2. The second-order valence-electron chi connectivity index (χ2n) is 2.67. The van der Waals surface area contributed by atoms with Crippen molar-refractivity contribution >= 4 is 0 Å². The first-order chi connectivity index (χ1) is 6.88. The molecule has 0 saturated carbocycles. The summed E-state index contributed by atoms with van der Waals surface area (Å²) in [7, 11) is 0. The van der Waals surface area contributed by atoms with E-state index >= 15 is 0 Å². The molecule has 74 valence electrons. The summed E-state index contributed by atoms with van der Waals surface area (Å²) in [4.78, 5) is 4.03. The van der Waals surface area contributed by atoms with Gasteiger partial charge in [-0.3, -0.25) is 10.1 Å². The molecule has 0 atom stereocenters. The molecule has 0 fully saturated rings. The zero-order valence-electron chi connectivity index (χ0n) is 8.78. The molecule has 3 nitrogen and oxygen atoms in total. The highest BCUT2D eigenvalue weighted by atomic mass is 15.1. The first kappa shape index (κ1) is 10.4. The van der Waals surface area contributed by atoms with Gasteiger partial charge < -0.3 is 0 Å². The van der Waals surface area contributed by atoms with Gasteiger partial charge in [-0.25, -0.2) is 0 Å². The van der Waals surface area contributed by atoms with Gasteiger partial charge in [0.25, 0.3) is 0 Å². The Morgan fingerprint density at radius 3 is 2.50 bits per heavy atom. The van der Waals surface area contributed by atoms with Crippen molar-refractivity contribution in [1.82, 2.24) is 15.2 Å². The Hall–Kier alpha value is -1.64. The van der Waals surface area contributed by atoms with Crippen LogP contribution in [0, 0.1) is 6.92 Å². The van der Waals surface area contributed by atoms with Gasteiger partial charge in [-0.1, -0.05) is 13.8 Å². The molecule has 0 unspecified atom stereocenters. The molecule has 0 aliphatic heterocycles. The van der Waals surface area contributed by atoms with Crippen LogP contribution in [0.5, 0.6) is 0 Å². The zero-order chi connectivity index (χ0) is 10.4. The molecule has 3 heteroatoms. The fourth-order valence-corrected chi connectivity index (χ4v) is 1.15. The van der Waals surface area contributed by atoms with Gasteiger partial charge in [0.2, 0.25) is 0 Å². The van der Waals surface area contributed by atoms with Gasteiger partial charge in [-0.05, 0) is 24.6 Å². The molecule has 0 radical (unpaired) electrons. The van der Waals surface area contributed by atoms with Crippen LogP contribution in [-0.2, 0) is 0 Å². The number of pyridine rings is 1. The largest absolute Gasteiger partial charge is 0.278 e. The van der Waals surface area contributed by atoms with E-state index in [1.807, 2.05) is 45.3 Å². The summed E-state index contributed by atoms with van der Waals surface area (Å²) in [5, 5.41) is 6.88. The molecule has 2 aromatic heterocycles. The highest BCUT2D eigenvalue weighted by Gasteiger charge is 2.01. The Morgan fingerprint density at radius 2 is 2.00 bits per heavy atom. The molecule has 1 N–H and O–H groups in total. The molecule has 2 rings (SSSR count). The fraction of sp³-hybridized carbons (Fsp3) is 0.273. The summed E-state index contributed by atoms with van der Waals surface area (Å²) in [6.07, 6.45) is 5.39. The summed E-state index contributed by atoms with van der Waals surface area (Å²) in [6, 6.07) is 3.92. The van der Waals surface area contributed by atoms with Crippen LogP contribution in [0.4, 0.5) is 0 Å². The van der Waals surface area contributed by atoms with Crippen LogP contribution in [0.25, 0.3) is 11.3 Å². The molecule has 0 bridgehead atoms. The summed E-state index contributed by atoms with van der Waals surface area (Å²) in [5.41, 5.74) is 3.26. The molecule has 14 heavy (non-hydrogen) atoms. The number of nitrogens with zero attached hydrogens (tertiary/aromatic N) is 2. The first-order valence-corrected chi connectivity index (χ1v) is 4.78. The molecule has 0 aliphatic rings. The predicted molar refractivity (Wildman–Crippen MR) is 57.9 cm³/mol. The average Bonchev–Trinajstić information content (AvgIpc) is 2.69. The van der Waals surface area contributed by atoms with Crippen molar-refractivity contribution in [3.05, 3.63) is 36.3 Å². The van der Waals surface area contributed by atoms with E-state index in [1.54, 1.807) is 6.20 Å². The van der Waals surface area contributed by atoms with Crippen molar-refractivity contribution in [2.75, 3.05) is 0 Å².